The number of halogens is 5. The third-order valence-electron chi connectivity index (χ3n) is 1.37. The average molecular weight is 230 g/mol. The van der Waals surface area contributed by atoms with Gasteiger partial charge in [0.05, 0.1) is 16.3 Å². The summed E-state index contributed by atoms with van der Waals surface area (Å²) in [6, 6.07) is 1.90. The summed E-state index contributed by atoms with van der Waals surface area (Å²) in [4.78, 5) is 0. The lowest BCUT2D eigenvalue weighted by Gasteiger charge is -2.10. The lowest BCUT2D eigenvalue weighted by Crippen LogP contribution is -2.07. The van der Waals surface area contributed by atoms with Crippen molar-refractivity contribution < 1.29 is 13.2 Å². The van der Waals surface area contributed by atoms with E-state index in [1.165, 1.54) is 6.07 Å². The highest BCUT2D eigenvalue weighted by Crippen LogP contribution is 2.39. The van der Waals surface area contributed by atoms with E-state index in [2.05, 4.69) is 0 Å². The minimum atomic E-state index is -4.53. The Morgan fingerprint density at radius 3 is 2.15 bits per heavy atom. The number of anilines is 1. The summed E-state index contributed by atoms with van der Waals surface area (Å²) in [5, 5.41) is -0.605. The molecule has 1 rings (SSSR count). The molecule has 1 nitrogen and oxygen atoms in total. The summed E-state index contributed by atoms with van der Waals surface area (Å²) < 4.78 is 36.6. The highest BCUT2D eigenvalue weighted by Gasteiger charge is 2.34. The number of alkyl halides is 3. The van der Waals surface area contributed by atoms with Crippen molar-refractivity contribution >= 4 is 28.9 Å². The SMILES string of the molecule is Nc1cc(Cl)cc(C(F)(F)F)c1Cl. The molecule has 0 bridgehead atoms. The highest BCUT2D eigenvalue weighted by molar-refractivity contribution is 6.35. The van der Waals surface area contributed by atoms with Crippen molar-refractivity contribution in [1.82, 2.24) is 0 Å². The third kappa shape index (κ3) is 2.19. The molecule has 0 fully saturated rings. The largest absolute Gasteiger partial charge is 0.417 e. The van der Waals surface area contributed by atoms with Gasteiger partial charge in [0.2, 0.25) is 0 Å². The summed E-state index contributed by atoms with van der Waals surface area (Å²) in [6.45, 7) is 0. The van der Waals surface area contributed by atoms with E-state index in [0.717, 1.165) is 6.07 Å². The van der Waals surface area contributed by atoms with Gasteiger partial charge in [0.25, 0.3) is 0 Å². The van der Waals surface area contributed by atoms with E-state index in [1.54, 1.807) is 0 Å². The van der Waals surface area contributed by atoms with Crippen LogP contribution < -0.4 is 5.73 Å². The molecule has 6 heteroatoms. The van der Waals surface area contributed by atoms with Crippen molar-refractivity contribution in [3.05, 3.63) is 27.7 Å². The minimum Gasteiger partial charge on any atom is -0.397 e. The topological polar surface area (TPSA) is 26.0 Å². The van der Waals surface area contributed by atoms with Gasteiger partial charge < -0.3 is 5.73 Å². The molecular weight excluding hydrogens is 226 g/mol. The molecule has 0 aliphatic carbocycles. The maximum atomic E-state index is 12.2. The predicted molar refractivity (Wildman–Crippen MR) is 45.9 cm³/mol. The molecule has 0 aliphatic heterocycles. The molecule has 0 radical (unpaired) electrons. The monoisotopic (exact) mass is 229 g/mol. The van der Waals surface area contributed by atoms with E-state index in [0.29, 0.717) is 0 Å². The van der Waals surface area contributed by atoms with Crippen LogP contribution >= 0.6 is 23.2 Å². The molecule has 1 aromatic rings. The van der Waals surface area contributed by atoms with Gasteiger partial charge in [-0.2, -0.15) is 13.2 Å². The van der Waals surface area contributed by atoms with E-state index < -0.39 is 16.8 Å². The zero-order valence-electron chi connectivity index (χ0n) is 6.12. The molecule has 0 heterocycles. The van der Waals surface area contributed by atoms with Crippen LogP contribution in [0.4, 0.5) is 18.9 Å². The van der Waals surface area contributed by atoms with Gasteiger partial charge in [-0.3, -0.25) is 0 Å². The summed E-state index contributed by atoms with van der Waals surface area (Å²) in [5.41, 5.74) is 4.01. The molecule has 0 aromatic heterocycles. The highest BCUT2D eigenvalue weighted by atomic mass is 35.5. The Hall–Kier alpha value is -0.610. The molecule has 0 atom stereocenters. The molecule has 0 saturated carbocycles. The number of rotatable bonds is 0. The zero-order valence-corrected chi connectivity index (χ0v) is 7.63. The molecule has 1 aromatic carbocycles. The van der Waals surface area contributed by atoms with Gasteiger partial charge in [0.1, 0.15) is 0 Å². The Balaban J connectivity index is 3.37. The van der Waals surface area contributed by atoms with E-state index in [4.69, 9.17) is 28.9 Å². The van der Waals surface area contributed by atoms with Crippen LogP contribution in [0.3, 0.4) is 0 Å². The first-order valence-corrected chi connectivity index (χ1v) is 3.89. The molecule has 0 unspecified atom stereocenters. The van der Waals surface area contributed by atoms with Crippen LogP contribution in [0.1, 0.15) is 5.56 Å². The number of hydrogen-bond acceptors (Lipinski definition) is 1. The standard InChI is InChI=1S/C7H4Cl2F3N/c8-3-1-4(7(10,11)12)6(9)5(13)2-3/h1-2H,13H2. The molecular formula is C7H4Cl2F3N. The molecule has 0 aliphatic rings. The van der Waals surface area contributed by atoms with Gasteiger partial charge in [-0.15, -0.1) is 0 Å². The van der Waals surface area contributed by atoms with Crippen LogP contribution in [0.25, 0.3) is 0 Å². The number of hydrogen-bond donors (Lipinski definition) is 1. The van der Waals surface area contributed by atoms with Gasteiger partial charge in [-0.05, 0) is 12.1 Å². The molecule has 13 heavy (non-hydrogen) atoms. The molecule has 72 valence electrons. The number of nitrogens with two attached hydrogens (primary N) is 1. The van der Waals surface area contributed by atoms with Crippen molar-refractivity contribution in [1.29, 1.82) is 0 Å². The number of nitrogen functional groups attached to an aromatic ring is 1. The maximum absolute atomic E-state index is 12.2. The van der Waals surface area contributed by atoms with Crippen molar-refractivity contribution in [2.24, 2.45) is 0 Å². The van der Waals surface area contributed by atoms with Gasteiger partial charge in [-0.25, -0.2) is 0 Å². The Morgan fingerprint density at radius 1 is 1.15 bits per heavy atom. The van der Waals surface area contributed by atoms with E-state index in [-0.39, 0.29) is 10.7 Å². The van der Waals surface area contributed by atoms with Crippen molar-refractivity contribution in [3.63, 3.8) is 0 Å². The van der Waals surface area contributed by atoms with Crippen LogP contribution in [-0.2, 0) is 6.18 Å². The normalized spacial score (nSPS) is 11.8. The fourth-order valence-corrected chi connectivity index (χ4v) is 1.26. The van der Waals surface area contributed by atoms with Crippen molar-refractivity contribution in [2.75, 3.05) is 5.73 Å². The Labute approximate surface area is 82.2 Å². The van der Waals surface area contributed by atoms with E-state index in [9.17, 15) is 13.2 Å². The maximum Gasteiger partial charge on any atom is 0.417 e. The fourth-order valence-electron chi connectivity index (χ4n) is 0.817. The first-order valence-electron chi connectivity index (χ1n) is 3.14. The molecule has 0 amide bonds. The van der Waals surface area contributed by atoms with Crippen LogP contribution in [0, 0.1) is 0 Å². The second-order valence-corrected chi connectivity index (χ2v) is 3.17. The Morgan fingerprint density at radius 2 is 1.69 bits per heavy atom. The van der Waals surface area contributed by atoms with Crippen LogP contribution in [0.15, 0.2) is 12.1 Å². The summed E-state index contributed by atoms with van der Waals surface area (Å²) in [7, 11) is 0. The number of benzene rings is 1. The van der Waals surface area contributed by atoms with E-state index in [1.807, 2.05) is 0 Å². The van der Waals surface area contributed by atoms with Crippen molar-refractivity contribution in [2.45, 2.75) is 6.18 Å². The average Bonchev–Trinajstić information content (AvgIpc) is 1.94. The summed E-state index contributed by atoms with van der Waals surface area (Å²) in [6.07, 6.45) is -4.53. The van der Waals surface area contributed by atoms with E-state index >= 15 is 0 Å². The lowest BCUT2D eigenvalue weighted by molar-refractivity contribution is -0.137. The van der Waals surface area contributed by atoms with Crippen molar-refractivity contribution in [3.8, 4) is 0 Å². The Bertz CT molecular complexity index is 335. The van der Waals surface area contributed by atoms with Gasteiger partial charge >= 0.3 is 6.18 Å². The molecule has 2 N–H and O–H groups in total. The van der Waals surface area contributed by atoms with Gasteiger partial charge in [0.15, 0.2) is 0 Å². The molecule has 0 spiro atoms. The fraction of sp³-hybridized carbons (Fsp3) is 0.143. The third-order valence-corrected chi connectivity index (χ3v) is 2.01. The van der Waals surface area contributed by atoms with Crippen LogP contribution in [0.2, 0.25) is 10.0 Å². The van der Waals surface area contributed by atoms with Gasteiger partial charge in [0, 0.05) is 5.02 Å². The first kappa shape index (κ1) is 10.5. The first-order chi connectivity index (χ1) is 5.82. The van der Waals surface area contributed by atoms with Crippen LogP contribution in [-0.4, -0.2) is 0 Å². The zero-order chi connectivity index (χ0) is 10.2. The lowest BCUT2D eigenvalue weighted by atomic mass is 10.2. The second-order valence-electron chi connectivity index (χ2n) is 2.35. The predicted octanol–water partition coefficient (Wildman–Crippen LogP) is 3.59. The van der Waals surface area contributed by atoms with Gasteiger partial charge in [-0.1, -0.05) is 23.2 Å². The summed E-state index contributed by atoms with van der Waals surface area (Å²) >= 11 is 10.7. The smallest absolute Gasteiger partial charge is 0.397 e. The molecule has 0 saturated heterocycles. The Kier molecular flexibility index (Phi) is 2.63. The summed E-state index contributed by atoms with van der Waals surface area (Å²) in [5.74, 6) is 0. The quantitative estimate of drug-likeness (QED) is 0.677. The second kappa shape index (κ2) is 3.27. The minimum absolute atomic E-state index is 0.0887. The van der Waals surface area contributed by atoms with Crippen LogP contribution in [0.5, 0.6) is 0 Å².